The number of pyridine rings is 1. The molecule has 0 unspecified atom stereocenters. The van der Waals surface area contributed by atoms with Crippen molar-refractivity contribution < 1.29 is 0 Å². The predicted molar refractivity (Wildman–Crippen MR) is 84.6 cm³/mol. The maximum Gasteiger partial charge on any atom is 0.106 e. The van der Waals surface area contributed by atoms with E-state index >= 15 is 0 Å². The van der Waals surface area contributed by atoms with Crippen molar-refractivity contribution in [3.8, 4) is 0 Å². The van der Waals surface area contributed by atoms with E-state index in [-0.39, 0.29) is 0 Å². The molecule has 3 nitrogen and oxygen atoms in total. The highest BCUT2D eigenvalue weighted by Gasteiger charge is 2.24. The van der Waals surface area contributed by atoms with Crippen molar-refractivity contribution in [2.45, 2.75) is 45.1 Å². The van der Waals surface area contributed by atoms with Crippen LogP contribution in [-0.4, -0.2) is 23.1 Å². The number of rotatable bonds is 4. The Hall–Kier alpha value is -1.16. The third kappa shape index (κ3) is 3.24. The van der Waals surface area contributed by atoms with Gasteiger partial charge in [0.15, 0.2) is 0 Å². The molecule has 2 N–H and O–H groups in total. The van der Waals surface area contributed by atoms with Crippen molar-refractivity contribution in [2.24, 2.45) is 11.7 Å². The molecule has 1 aromatic heterocycles. The van der Waals surface area contributed by atoms with Crippen LogP contribution in [0.2, 0.25) is 0 Å². The van der Waals surface area contributed by atoms with E-state index in [1.54, 1.807) is 6.20 Å². The van der Waals surface area contributed by atoms with Crippen LogP contribution in [-0.2, 0) is 0 Å². The molecule has 19 heavy (non-hydrogen) atoms. The van der Waals surface area contributed by atoms with Gasteiger partial charge < -0.3 is 10.6 Å². The van der Waals surface area contributed by atoms with E-state index in [0.717, 1.165) is 17.2 Å². The lowest BCUT2D eigenvalue weighted by Crippen LogP contribution is -2.36. The molecule has 0 amide bonds. The standard InChI is InChI=1S/C15H23N3S/c1-3-11-4-6-12(7-5-11)18(2)14-10-17-9-8-13(14)15(16)19/h8-12H,3-7H2,1-2H3,(H2,16,19). The van der Waals surface area contributed by atoms with Crippen molar-refractivity contribution in [1.29, 1.82) is 0 Å². The van der Waals surface area contributed by atoms with Crippen LogP contribution in [0, 0.1) is 5.92 Å². The monoisotopic (exact) mass is 277 g/mol. The summed E-state index contributed by atoms with van der Waals surface area (Å²) in [6.07, 6.45) is 10.1. The van der Waals surface area contributed by atoms with Crippen LogP contribution in [0.15, 0.2) is 18.5 Å². The van der Waals surface area contributed by atoms with Gasteiger partial charge in [-0.05, 0) is 37.7 Å². The van der Waals surface area contributed by atoms with Gasteiger partial charge >= 0.3 is 0 Å². The second kappa shape index (κ2) is 6.33. The first-order valence-electron chi connectivity index (χ1n) is 7.10. The number of nitrogens with zero attached hydrogens (tertiary/aromatic N) is 2. The third-order valence-corrected chi connectivity index (χ3v) is 4.61. The molecule has 0 bridgehead atoms. The van der Waals surface area contributed by atoms with Gasteiger partial charge in [-0.15, -0.1) is 0 Å². The quantitative estimate of drug-likeness (QED) is 0.859. The molecule has 0 spiro atoms. The van der Waals surface area contributed by atoms with Crippen molar-refractivity contribution in [1.82, 2.24) is 4.98 Å². The number of hydrogen-bond donors (Lipinski definition) is 1. The number of thiocarbonyl (C=S) groups is 1. The lowest BCUT2D eigenvalue weighted by atomic mass is 9.84. The van der Waals surface area contributed by atoms with Crippen molar-refractivity contribution in [3.05, 3.63) is 24.0 Å². The average Bonchev–Trinajstić information content (AvgIpc) is 2.46. The fourth-order valence-corrected chi connectivity index (χ4v) is 3.19. The molecule has 104 valence electrons. The Bertz CT molecular complexity index is 439. The molecule has 0 saturated heterocycles. The topological polar surface area (TPSA) is 42.2 Å². The van der Waals surface area contributed by atoms with Crippen molar-refractivity contribution in [3.63, 3.8) is 0 Å². The SMILES string of the molecule is CCC1CCC(N(C)c2cnccc2C(N)=S)CC1. The third-order valence-electron chi connectivity index (χ3n) is 4.39. The number of nitrogens with two attached hydrogens (primary N) is 1. The van der Waals surface area contributed by atoms with E-state index in [2.05, 4.69) is 23.9 Å². The summed E-state index contributed by atoms with van der Waals surface area (Å²) < 4.78 is 0. The summed E-state index contributed by atoms with van der Waals surface area (Å²) in [5.41, 5.74) is 7.80. The predicted octanol–water partition coefficient (Wildman–Crippen LogP) is 3.12. The van der Waals surface area contributed by atoms with E-state index < -0.39 is 0 Å². The minimum Gasteiger partial charge on any atom is -0.389 e. The molecule has 0 aliphatic heterocycles. The second-order valence-corrected chi connectivity index (χ2v) is 5.89. The molecular weight excluding hydrogens is 254 g/mol. The molecule has 1 fully saturated rings. The van der Waals surface area contributed by atoms with Crippen LogP contribution in [0.4, 0.5) is 5.69 Å². The number of anilines is 1. The van der Waals surface area contributed by atoms with Gasteiger partial charge in [0.25, 0.3) is 0 Å². The minimum absolute atomic E-state index is 0.450. The lowest BCUT2D eigenvalue weighted by Gasteiger charge is -2.36. The smallest absolute Gasteiger partial charge is 0.106 e. The van der Waals surface area contributed by atoms with Gasteiger partial charge in [0, 0.05) is 24.8 Å². The van der Waals surface area contributed by atoms with Crippen LogP contribution in [0.25, 0.3) is 0 Å². The first kappa shape index (κ1) is 14.3. The Morgan fingerprint density at radius 3 is 2.68 bits per heavy atom. The van der Waals surface area contributed by atoms with Gasteiger partial charge in [-0.1, -0.05) is 25.6 Å². The van der Waals surface area contributed by atoms with E-state index in [1.807, 2.05) is 12.3 Å². The number of hydrogen-bond acceptors (Lipinski definition) is 3. The van der Waals surface area contributed by atoms with Gasteiger partial charge in [0.05, 0.1) is 11.9 Å². The summed E-state index contributed by atoms with van der Waals surface area (Å²) in [4.78, 5) is 6.98. The van der Waals surface area contributed by atoms with Gasteiger partial charge in [-0.25, -0.2) is 0 Å². The summed E-state index contributed by atoms with van der Waals surface area (Å²) in [6.45, 7) is 2.29. The highest BCUT2D eigenvalue weighted by molar-refractivity contribution is 7.80. The fraction of sp³-hybridized carbons (Fsp3) is 0.600. The van der Waals surface area contributed by atoms with E-state index in [1.165, 1.54) is 32.1 Å². The van der Waals surface area contributed by atoms with Gasteiger partial charge in [0.2, 0.25) is 0 Å². The minimum atomic E-state index is 0.450. The highest BCUT2D eigenvalue weighted by atomic mass is 32.1. The van der Waals surface area contributed by atoms with E-state index in [9.17, 15) is 0 Å². The fourth-order valence-electron chi connectivity index (χ4n) is 3.01. The Balaban J connectivity index is 2.12. The molecule has 1 aromatic rings. The largest absolute Gasteiger partial charge is 0.389 e. The Kier molecular flexibility index (Phi) is 4.75. The molecule has 2 rings (SSSR count). The van der Waals surface area contributed by atoms with Crippen LogP contribution in [0.1, 0.15) is 44.6 Å². The Labute approximate surface area is 121 Å². The zero-order valence-electron chi connectivity index (χ0n) is 11.8. The Morgan fingerprint density at radius 2 is 2.11 bits per heavy atom. The summed E-state index contributed by atoms with van der Waals surface area (Å²) in [7, 11) is 2.13. The highest BCUT2D eigenvalue weighted by Crippen LogP contribution is 2.32. The van der Waals surface area contributed by atoms with Crippen LogP contribution in [0.3, 0.4) is 0 Å². The second-order valence-electron chi connectivity index (χ2n) is 5.45. The summed E-state index contributed by atoms with van der Waals surface area (Å²) in [6, 6.07) is 2.49. The van der Waals surface area contributed by atoms with Crippen molar-refractivity contribution in [2.75, 3.05) is 11.9 Å². The molecule has 4 heteroatoms. The van der Waals surface area contributed by atoms with Crippen LogP contribution < -0.4 is 10.6 Å². The molecule has 1 aliphatic carbocycles. The maximum absolute atomic E-state index is 5.80. The molecule has 0 radical (unpaired) electrons. The van der Waals surface area contributed by atoms with E-state index in [0.29, 0.717) is 11.0 Å². The summed E-state index contributed by atoms with van der Waals surface area (Å²) in [5.74, 6) is 0.911. The van der Waals surface area contributed by atoms with Crippen LogP contribution in [0.5, 0.6) is 0 Å². The van der Waals surface area contributed by atoms with Gasteiger partial charge in [-0.3, -0.25) is 4.98 Å². The Morgan fingerprint density at radius 1 is 1.42 bits per heavy atom. The molecule has 1 aliphatic rings. The lowest BCUT2D eigenvalue weighted by molar-refractivity contribution is 0.313. The number of aromatic nitrogens is 1. The molecular formula is C15H23N3S. The molecule has 1 saturated carbocycles. The zero-order valence-corrected chi connectivity index (χ0v) is 12.6. The summed E-state index contributed by atoms with van der Waals surface area (Å²) in [5, 5.41) is 0. The molecule has 1 heterocycles. The normalized spacial score (nSPS) is 23.1. The maximum atomic E-state index is 5.80. The zero-order chi connectivity index (χ0) is 13.8. The van der Waals surface area contributed by atoms with Gasteiger partial charge in [-0.2, -0.15) is 0 Å². The van der Waals surface area contributed by atoms with Gasteiger partial charge in [0.1, 0.15) is 4.99 Å². The van der Waals surface area contributed by atoms with Crippen molar-refractivity contribution >= 4 is 22.9 Å². The summed E-state index contributed by atoms with van der Waals surface area (Å²) >= 11 is 5.13. The molecule has 0 aromatic carbocycles. The van der Waals surface area contributed by atoms with E-state index in [4.69, 9.17) is 18.0 Å². The molecule has 0 atom stereocenters. The average molecular weight is 277 g/mol. The first-order chi connectivity index (χ1) is 9.13. The first-order valence-corrected chi connectivity index (χ1v) is 7.51. The van der Waals surface area contributed by atoms with Crippen LogP contribution >= 0.6 is 12.2 Å².